The van der Waals surface area contributed by atoms with Gasteiger partial charge in [0.25, 0.3) is 0 Å². The zero-order valence-electron chi connectivity index (χ0n) is 17.2. The molecule has 0 atom stereocenters. The molecule has 0 aliphatic carbocycles. The molecule has 2 N–H and O–H groups in total. The quantitative estimate of drug-likeness (QED) is 0.241. The van der Waals surface area contributed by atoms with Crippen LogP contribution >= 0.6 is 24.0 Å². The van der Waals surface area contributed by atoms with Crippen molar-refractivity contribution in [1.29, 1.82) is 0 Å². The minimum atomic E-state index is 0. The Morgan fingerprint density at radius 1 is 0.852 bits per heavy atom. The lowest BCUT2D eigenvalue weighted by atomic mass is 10.2. The molecule has 0 aromatic carbocycles. The van der Waals surface area contributed by atoms with Gasteiger partial charge in [0.1, 0.15) is 0 Å². The number of halogens is 1. The smallest absolute Gasteiger partial charge is 0.219 e. The van der Waals surface area contributed by atoms with E-state index >= 15 is 0 Å². The first-order chi connectivity index (χ1) is 12.7. The van der Waals surface area contributed by atoms with Crippen LogP contribution in [0.1, 0.15) is 39.0 Å². The van der Waals surface area contributed by atoms with Gasteiger partial charge < -0.3 is 20.4 Å². The minimum absolute atomic E-state index is 0. The molecule has 2 heterocycles. The number of aliphatic imine (C=N–C) groups is 1. The summed E-state index contributed by atoms with van der Waals surface area (Å²) in [4.78, 5) is 22.6. The Bertz CT molecular complexity index is 432. The van der Waals surface area contributed by atoms with E-state index in [4.69, 9.17) is 0 Å². The van der Waals surface area contributed by atoms with Gasteiger partial charge in [0, 0.05) is 59.8 Å². The van der Waals surface area contributed by atoms with Crippen molar-refractivity contribution in [2.45, 2.75) is 39.0 Å². The van der Waals surface area contributed by atoms with Crippen LogP contribution < -0.4 is 10.6 Å². The monoisotopic (exact) mass is 494 g/mol. The van der Waals surface area contributed by atoms with Crippen LogP contribution in [0.2, 0.25) is 0 Å². The molecule has 7 nitrogen and oxygen atoms in total. The predicted octanol–water partition coefficient (Wildman–Crippen LogP) is 1.20. The summed E-state index contributed by atoms with van der Waals surface area (Å²) in [6.07, 6.45) is 6.67. The van der Waals surface area contributed by atoms with Crippen molar-refractivity contribution in [3.05, 3.63) is 0 Å². The van der Waals surface area contributed by atoms with Crippen molar-refractivity contribution in [1.82, 2.24) is 25.3 Å². The first-order valence-corrected chi connectivity index (χ1v) is 10.3. The molecule has 0 unspecified atom stereocenters. The molecule has 1 amide bonds. The summed E-state index contributed by atoms with van der Waals surface area (Å²) in [5, 5.41) is 6.83. The molecular weight excluding hydrogens is 455 g/mol. The van der Waals surface area contributed by atoms with Crippen molar-refractivity contribution >= 4 is 35.8 Å². The van der Waals surface area contributed by atoms with Crippen molar-refractivity contribution in [3.8, 4) is 0 Å². The Hall–Kier alpha value is -0.610. The second-order valence-electron chi connectivity index (χ2n) is 7.38. The van der Waals surface area contributed by atoms with Crippen LogP contribution in [-0.4, -0.2) is 99.1 Å². The lowest BCUT2D eigenvalue weighted by Crippen LogP contribution is -2.50. The van der Waals surface area contributed by atoms with E-state index in [1.54, 1.807) is 6.92 Å². The van der Waals surface area contributed by atoms with Crippen LogP contribution in [0.15, 0.2) is 4.99 Å². The van der Waals surface area contributed by atoms with Crippen LogP contribution in [-0.2, 0) is 4.79 Å². The Labute approximate surface area is 182 Å². The van der Waals surface area contributed by atoms with Gasteiger partial charge in [0.15, 0.2) is 5.96 Å². The van der Waals surface area contributed by atoms with Gasteiger partial charge in [-0.2, -0.15) is 0 Å². The molecular formula is C19H39IN6O. The molecule has 2 aliphatic rings. The Balaban J connectivity index is 0.00000364. The topological polar surface area (TPSA) is 63.2 Å². The SMILES string of the molecule is CN=C(NCCCN1CCCCCC1)NCCN1CCN(C(C)=O)CC1.I. The van der Waals surface area contributed by atoms with Gasteiger partial charge in [0.05, 0.1) is 0 Å². The molecule has 0 saturated carbocycles. The van der Waals surface area contributed by atoms with Gasteiger partial charge in [0.2, 0.25) is 5.91 Å². The normalized spacial score (nSPS) is 19.9. The number of carbonyl (C=O) groups is 1. The summed E-state index contributed by atoms with van der Waals surface area (Å²) >= 11 is 0. The Morgan fingerprint density at radius 3 is 2.04 bits per heavy atom. The number of carbonyl (C=O) groups excluding carboxylic acids is 1. The zero-order chi connectivity index (χ0) is 18.6. The first kappa shape index (κ1) is 24.4. The van der Waals surface area contributed by atoms with E-state index in [1.807, 2.05) is 11.9 Å². The van der Waals surface area contributed by atoms with Crippen LogP contribution in [0.4, 0.5) is 0 Å². The van der Waals surface area contributed by atoms with E-state index in [9.17, 15) is 4.79 Å². The van der Waals surface area contributed by atoms with E-state index in [1.165, 1.54) is 45.3 Å². The van der Waals surface area contributed by atoms with Gasteiger partial charge in [-0.3, -0.25) is 14.7 Å². The number of likely N-dealkylation sites (tertiary alicyclic amines) is 1. The third kappa shape index (κ3) is 9.94. The molecule has 0 aromatic rings. The molecule has 27 heavy (non-hydrogen) atoms. The van der Waals surface area contributed by atoms with Crippen molar-refractivity contribution in [2.24, 2.45) is 4.99 Å². The molecule has 2 saturated heterocycles. The molecule has 0 radical (unpaired) electrons. The maximum Gasteiger partial charge on any atom is 0.219 e. The van der Waals surface area contributed by atoms with Gasteiger partial charge in [-0.1, -0.05) is 12.8 Å². The average molecular weight is 494 g/mol. The number of amides is 1. The molecule has 2 aliphatic heterocycles. The van der Waals surface area contributed by atoms with E-state index in [2.05, 4.69) is 25.4 Å². The van der Waals surface area contributed by atoms with Crippen LogP contribution in [0, 0.1) is 0 Å². The van der Waals surface area contributed by atoms with Gasteiger partial charge in [-0.05, 0) is 38.9 Å². The zero-order valence-corrected chi connectivity index (χ0v) is 19.5. The fourth-order valence-corrected chi connectivity index (χ4v) is 3.71. The lowest BCUT2D eigenvalue weighted by molar-refractivity contribution is -0.130. The second kappa shape index (κ2) is 14.4. The molecule has 2 rings (SSSR count). The summed E-state index contributed by atoms with van der Waals surface area (Å²) in [7, 11) is 1.83. The minimum Gasteiger partial charge on any atom is -0.356 e. The highest BCUT2D eigenvalue weighted by molar-refractivity contribution is 14.0. The number of nitrogens with zero attached hydrogens (tertiary/aromatic N) is 4. The standard InChI is InChI=1S/C19H38N6O.HI/c1-18(26)25-16-14-24(15-17-25)13-9-22-19(20-2)21-8-7-12-23-10-5-3-4-6-11-23;/h3-17H2,1-2H3,(H2,20,21,22);1H. The summed E-state index contributed by atoms with van der Waals surface area (Å²) in [6, 6.07) is 0. The van der Waals surface area contributed by atoms with E-state index in [-0.39, 0.29) is 29.9 Å². The first-order valence-electron chi connectivity index (χ1n) is 10.3. The summed E-state index contributed by atoms with van der Waals surface area (Å²) < 4.78 is 0. The maximum absolute atomic E-state index is 11.4. The number of piperazine rings is 1. The predicted molar refractivity (Wildman–Crippen MR) is 123 cm³/mol. The van der Waals surface area contributed by atoms with Gasteiger partial charge in [-0.25, -0.2) is 0 Å². The van der Waals surface area contributed by atoms with Gasteiger partial charge in [-0.15, -0.1) is 24.0 Å². The average Bonchev–Trinajstić information content (AvgIpc) is 2.93. The fourth-order valence-electron chi connectivity index (χ4n) is 3.71. The van der Waals surface area contributed by atoms with Crippen molar-refractivity contribution in [3.63, 3.8) is 0 Å². The van der Waals surface area contributed by atoms with Crippen LogP contribution in [0.3, 0.4) is 0 Å². The number of hydrogen-bond acceptors (Lipinski definition) is 4. The van der Waals surface area contributed by atoms with E-state index in [0.29, 0.717) is 0 Å². The largest absolute Gasteiger partial charge is 0.356 e. The van der Waals surface area contributed by atoms with Crippen LogP contribution in [0.5, 0.6) is 0 Å². The third-order valence-corrected chi connectivity index (χ3v) is 5.40. The lowest BCUT2D eigenvalue weighted by Gasteiger charge is -2.34. The molecule has 2 fully saturated rings. The number of rotatable bonds is 7. The van der Waals surface area contributed by atoms with Crippen molar-refractivity contribution in [2.75, 3.05) is 72.5 Å². The Kier molecular flexibility index (Phi) is 13.0. The molecule has 8 heteroatoms. The second-order valence-corrected chi connectivity index (χ2v) is 7.38. The van der Waals surface area contributed by atoms with E-state index < -0.39 is 0 Å². The molecule has 0 bridgehead atoms. The number of nitrogens with one attached hydrogen (secondary N) is 2. The van der Waals surface area contributed by atoms with Crippen molar-refractivity contribution < 1.29 is 4.79 Å². The highest BCUT2D eigenvalue weighted by Gasteiger charge is 2.17. The fraction of sp³-hybridized carbons (Fsp3) is 0.895. The summed E-state index contributed by atoms with van der Waals surface area (Å²) in [6.45, 7) is 11.8. The number of guanidine groups is 1. The number of hydrogen-bond donors (Lipinski definition) is 2. The molecule has 0 aromatic heterocycles. The van der Waals surface area contributed by atoms with E-state index in [0.717, 1.165) is 58.2 Å². The van der Waals surface area contributed by atoms with Gasteiger partial charge >= 0.3 is 0 Å². The summed E-state index contributed by atoms with van der Waals surface area (Å²) in [5.41, 5.74) is 0. The maximum atomic E-state index is 11.4. The van der Waals surface area contributed by atoms with Crippen LogP contribution in [0.25, 0.3) is 0 Å². The highest BCUT2D eigenvalue weighted by atomic mass is 127. The molecule has 0 spiro atoms. The molecule has 158 valence electrons. The highest BCUT2D eigenvalue weighted by Crippen LogP contribution is 2.09. The summed E-state index contributed by atoms with van der Waals surface area (Å²) in [5.74, 6) is 1.08. The Morgan fingerprint density at radius 2 is 1.44 bits per heavy atom. The third-order valence-electron chi connectivity index (χ3n) is 5.40.